The average Bonchev–Trinajstić information content (AvgIpc) is 2.97. The number of nitrogens with one attached hydrogen (secondary N) is 1. The van der Waals surface area contributed by atoms with Crippen LogP contribution in [0.3, 0.4) is 0 Å². The molecule has 0 aliphatic carbocycles. The van der Waals surface area contributed by atoms with Crippen molar-refractivity contribution in [2.75, 3.05) is 27.0 Å². The number of carbonyl (C=O) groups excluding carboxylic acids is 1. The summed E-state index contributed by atoms with van der Waals surface area (Å²) in [4.78, 5) is 25.0. The van der Waals surface area contributed by atoms with Gasteiger partial charge in [0.1, 0.15) is 19.1 Å². The molecule has 2 aromatic carbocycles. The molecule has 0 radical (unpaired) electrons. The number of hydrogen-bond donors (Lipinski definition) is 1. The van der Waals surface area contributed by atoms with Crippen LogP contribution in [-0.2, 0) is 21.9 Å². The van der Waals surface area contributed by atoms with Crippen molar-refractivity contribution in [2.24, 2.45) is 0 Å². The number of benzene rings is 2. The molecule has 2 heterocycles. The van der Waals surface area contributed by atoms with Gasteiger partial charge in [-0.2, -0.15) is 0 Å². The highest BCUT2D eigenvalue weighted by Gasteiger charge is 2.41. The van der Waals surface area contributed by atoms with Crippen molar-refractivity contribution in [3.8, 4) is 5.75 Å². The van der Waals surface area contributed by atoms with E-state index in [1.165, 1.54) is 0 Å². The summed E-state index contributed by atoms with van der Waals surface area (Å²) in [5.74, 6) is 0.779. The van der Waals surface area contributed by atoms with E-state index in [1.54, 1.807) is 7.11 Å². The maximum atomic E-state index is 12.9. The number of amides is 1. The fourth-order valence-corrected chi connectivity index (χ4v) is 3.75. The molecule has 0 spiro atoms. The third kappa shape index (κ3) is 3.12. The van der Waals surface area contributed by atoms with Crippen LogP contribution in [0.1, 0.15) is 21.5 Å². The van der Waals surface area contributed by atoms with E-state index in [2.05, 4.69) is 21.2 Å². The molecule has 4 rings (SSSR count). The first-order valence-electron chi connectivity index (χ1n) is 8.33. The summed E-state index contributed by atoms with van der Waals surface area (Å²) in [6.07, 6.45) is 0. The maximum absolute atomic E-state index is 12.9. The van der Waals surface area contributed by atoms with Gasteiger partial charge in [-0.25, -0.2) is 9.78 Å². The van der Waals surface area contributed by atoms with Gasteiger partial charge in [-0.05, 0) is 41.5 Å². The van der Waals surface area contributed by atoms with Crippen LogP contribution in [0.15, 0.2) is 46.9 Å². The van der Waals surface area contributed by atoms with Gasteiger partial charge in [-0.1, -0.05) is 28.1 Å². The predicted molar refractivity (Wildman–Crippen MR) is 98.6 cm³/mol. The Hall–Kier alpha value is -1.93. The number of ether oxygens (including phenoxy) is 1. The topological polar surface area (TPSA) is 60.0 Å². The number of fused-ring (bicyclic) bond motifs is 1. The maximum Gasteiger partial charge on any atom is 0.254 e. The van der Waals surface area contributed by atoms with E-state index in [1.807, 2.05) is 47.4 Å². The zero-order chi connectivity index (χ0) is 18.1. The minimum Gasteiger partial charge on any atom is -0.497 e. The molecule has 1 unspecified atom stereocenters. The molecule has 1 fully saturated rings. The molecule has 0 aromatic heterocycles. The Morgan fingerprint density at radius 2 is 2.04 bits per heavy atom. The van der Waals surface area contributed by atoms with E-state index >= 15 is 0 Å². The molecule has 1 N–H and O–H groups in total. The lowest BCUT2D eigenvalue weighted by Gasteiger charge is -2.40. The van der Waals surface area contributed by atoms with Crippen LogP contribution in [0.25, 0.3) is 0 Å². The molecule has 7 heteroatoms. The van der Waals surface area contributed by atoms with Crippen LogP contribution in [0.5, 0.6) is 5.75 Å². The largest absolute Gasteiger partial charge is 0.497 e. The second-order valence-electron chi connectivity index (χ2n) is 6.47. The molecule has 26 heavy (non-hydrogen) atoms. The lowest BCUT2D eigenvalue weighted by molar-refractivity contribution is -0.339. The first-order chi connectivity index (χ1) is 12.6. The molecule has 6 nitrogen and oxygen atoms in total. The van der Waals surface area contributed by atoms with E-state index in [0.29, 0.717) is 19.7 Å². The normalized spacial score (nSPS) is 22.4. The Labute approximate surface area is 160 Å². The molecule has 1 saturated heterocycles. The standard InChI is InChI=1S/C19H19BrN2O4/c1-24-16-6-7-17-13(8-16)9-22(18(17)23)10-19(11-25-26-12-21-19)14-2-4-15(20)5-3-14/h2-8,21H,9-12H2,1H3. The van der Waals surface area contributed by atoms with Crippen molar-refractivity contribution in [1.82, 2.24) is 10.2 Å². The molecular weight excluding hydrogens is 400 g/mol. The van der Waals surface area contributed by atoms with E-state index in [4.69, 9.17) is 14.5 Å². The van der Waals surface area contributed by atoms with Gasteiger partial charge in [0.25, 0.3) is 5.91 Å². The van der Waals surface area contributed by atoms with Crippen LogP contribution < -0.4 is 10.1 Å². The number of methoxy groups -OCH3 is 1. The Kier molecular flexibility index (Phi) is 4.71. The molecule has 1 atom stereocenters. The van der Waals surface area contributed by atoms with Crippen molar-refractivity contribution >= 4 is 21.8 Å². The van der Waals surface area contributed by atoms with Gasteiger partial charge < -0.3 is 9.64 Å². The van der Waals surface area contributed by atoms with Crippen LogP contribution in [0, 0.1) is 0 Å². The number of halogens is 1. The molecular formula is C19H19BrN2O4. The summed E-state index contributed by atoms with van der Waals surface area (Å²) >= 11 is 3.47. The van der Waals surface area contributed by atoms with Gasteiger partial charge in [0.15, 0.2) is 0 Å². The highest BCUT2D eigenvalue weighted by Crippen LogP contribution is 2.32. The third-order valence-corrected chi connectivity index (χ3v) is 5.44. The van der Waals surface area contributed by atoms with E-state index in [-0.39, 0.29) is 12.6 Å². The van der Waals surface area contributed by atoms with E-state index in [9.17, 15) is 4.79 Å². The number of hydrogen-bond acceptors (Lipinski definition) is 5. The molecule has 1 amide bonds. The summed E-state index contributed by atoms with van der Waals surface area (Å²) in [7, 11) is 1.63. The quantitative estimate of drug-likeness (QED) is 0.773. The Balaban J connectivity index is 1.62. The fraction of sp³-hybridized carbons (Fsp3) is 0.316. The first-order valence-corrected chi connectivity index (χ1v) is 9.12. The molecule has 2 aromatic rings. The Bertz CT molecular complexity index is 819. The highest BCUT2D eigenvalue weighted by atomic mass is 79.9. The molecule has 0 bridgehead atoms. The van der Waals surface area contributed by atoms with Crippen LogP contribution in [-0.4, -0.2) is 37.8 Å². The lowest BCUT2D eigenvalue weighted by Crippen LogP contribution is -2.57. The number of rotatable bonds is 4. The molecule has 136 valence electrons. The van der Waals surface area contributed by atoms with Gasteiger partial charge in [-0.3, -0.25) is 10.1 Å². The average molecular weight is 419 g/mol. The Morgan fingerprint density at radius 3 is 2.73 bits per heavy atom. The SMILES string of the molecule is COc1ccc2c(c1)CN(CC1(c3ccc(Br)cc3)COOCN1)C2=O. The van der Waals surface area contributed by atoms with Crippen molar-refractivity contribution in [3.63, 3.8) is 0 Å². The first kappa shape index (κ1) is 17.5. The van der Waals surface area contributed by atoms with Crippen molar-refractivity contribution in [3.05, 3.63) is 63.6 Å². The van der Waals surface area contributed by atoms with E-state index < -0.39 is 5.54 Å². The summed E-state index contributed by atoms with van der Waals surface area (Å²) in [5, 5.41) is 3.38. The van der Waals surface area contributed by atoms with Gasteiger partial charge in [0.05, 0.1) is 12.6 Å². The second kappa shape index (κ2) is 7.00. The van der Waals surface area contributed by atoms with Gasteiger partial charge in [0, 0.05) is 23.1 Å². The van der Waals surface area contributed by atoms with E-state index in [0.717, 1.165) is 26.9 Å². The summed E-state index contributed by atoms with van der Waals surface area (Å²) in [6, 6.07) is 13.6. The summed E-state index contributed by atoms with van der Waals surface area (Å²) in [6.45, 7) is 1.61. The highest BCUT2D eigenvalue weighted by molar-refractivity contribution is 9.10. The molecule has 2 aliphatic rings. The minimum absolute atomic E-state index is 0.0208. The summed E-state index contributed by atoms with van der Waals surface area (Å²) in [5.41, 5.74) is 2.23. The summed E-state index contributed by atoms with van der Waals surface area (Å²) < 4.78 is 6.28. The number of carbonyl (C=O) groups is 1. The molecule has 2 aliphatic heterocycles. The van der Waals surface area contributed by atoms with Crippen LogP contribution in [0.4, 0.5) is 0 Å². The van der Waals surface area contributed by atoms with Crippen molar-refractivity contribution in [2.45, 2.75) is 12.1 Å². The van der Waals surface area contributed by atoms with Crippen LogP contribution in [0.2, 0.25) is 0 Å². The van der Waals surface area contributed by atoms with Crippen molar-refractivity contribution < 1.29 is 19.3 Å². The Morgan fingerprint density at radius 1 is 1.23 bits per heavy atom. The minimum atomic E-state index is -0.527. The predicted octanol–water partition coefficient (Wildman–Crippen LogP) is 2.82. The molecule has 0 saturated carbocycles. The van der Waals surface area contributed by atoms with Gasteiger partial charge >= 0.3 is 0 Å². The second-order valence-corrected chi connectivity index (χ2v) is 7.39. The number of nitrogens with zero attached hydrogens (tertiary/aromatic N) is 1. The smallest absolute Gasteiger partial charge is 0.254 e. The zero-order valence-corrected chi connectivity index (χ0v) is 15.9. The fourth-order valence-electron chi connectivity index (χ4n) is 3.49. The lowest BCUT2D eigenvalue weighted by atomic mass is 9.90. The van der Waals surface area contributed by atoms with Crippen molar-refractivity contribution in [1.29, 1.82) is 0 Å². The van der Waals surface area contributed by atoms with Gasteiger partial charge in [0.2, 0.25) is 0 Å². The van der Waals surface area contributed by atoms with Crippen LogP contribution >= 0.6 is 15.9 Å². The third-order valence-electron chi connectivity index (χ3n) is 4.91. The van der Waals surface area contributed by atoms with Gasteiger partial charge in [-0.15, -0.1) is 0 Å². The zero-order valence-electron chi connectivity index (χ0n) is 14.3. The monoisotopic (exact) mass is 418 g/mol.